The number of halogens is 1. The molecule has 1 aliphatic carbocycles. The largest absolute Gasteiger partial charge is 0.495 e. The number of aryl methyl sites for hydroxylation is 2. The molecule has 0 bridgehead atoms. The van der Waals surface area contributed by atoms with Gasteiger partial charge in [-0.2, -0.15) is 9.49 Å². The Morgan fingerprint density at radius 2 is 2.07 bits per heavy atom. The average molecular weight is 393 g/mol. The zero-order chi connectivity index (χ0) is 20.3. The molecule has 1 saturated carbocycles. The molecule has 5 rings (SSSR count). The van der Waals surface area contributed by atoms with Crippen LogP contribution in [0.2, 0.25) is 0 Å². The number of fused-ring (bicyclic) bond motifs is 2. The summed E-state index contributed by atoms with van der Waals surface area (Å²) in [5.41, 5.74) is 4.21. The summed E-state index contributed by atoms with van der Waals surface area (Å²) in [7, 11) is 1.62. The lowest BCUT2D eigenvalue weighted by atomic mass is 9.93. The van der Waals surface area contributed by atoms with E-state index in [1.165, 1.54) is 0 Å². The molecule has 1 fully saturated rings. The van der Waals surface area contributed by atoms with Crippen molar-refractivity contribution in [3.8, 4) is 0 Å². The second-order valence-corrected chi connectivity index (χ2v) is 8.06. The average Bonchev–Trinajstić information content (AvgIpc) is 3.38. The summed E-state index contributed by atoms with van der Waals surface area (Å²) in [5.74, 6) is 1.65. The number of hydrogen-bond donors (Lipinski definition) is 0. The van der Waals surface area contributed by atoms with Crippen molar-refractivity contribution in [1.29, 1.82) is 0 Å². The molecule has 2 aliphatic heterocycles. The lowest BCUT2D eigenvalue weighted by Gasteiger charge is -2.26. The highest BCUT2D eigenvalue weighted by molar-refractivity contribution is 5.45. The Morgan fingerprint density at radius 1 is 1.24 bits per heavy atom. The number of allylic oxidation sites excluding steroid dienone is 4. The van der Waals surface area contributed by atoms with Crippen LogP contribution in [0.1, 0.15) is 42.9 Å². The molecule has 0 radical (unpaired) electrons. The molecule has 4 heterocycles. The number of nitrogens with zero attached hydrogens (tertiary/aromatic N) is 5. The Bertz CT molecular complexity index is 1090. The minimum absolute atomic E-state index is 0.108. The van der Waals surface area contributed by atoms with Crippen LogP contribution in [0.25, 0.3) is 5.65 Å². The van der Waals surface area contributed by atoms with Crippen molar-refractivity contribution >= 4 is 5.65 Å². The van der Waals surface area contributed by atoms with Gasteiger partial charge in [0.15, 0.2) is 17.4 Å². The van der Waals surface area contributed by atoms with E-state index >= 15 is 4.39 Å². The fraction of sp³-hybridized carbons (Fsp3) is 0.409. The van der Waals surface area contributed by atoms with E-state index in [9.17, 15) is 0 Å². The standard InChI is InChI=1S/C22H24FN5O/c1-12-7-8-17-18(29-4)6-5-9-27(17)20(23)19(12)15-10-16(15)21-25-22-14(3)24-11-13(2)28(22)26-21/h5-6,8-9,11-12,15-16H,7,10H2,1-4H3. The van der Waals surface area contributed by atoms with E-state index in [0.717, 1.165) is 47.0 Å². The first-order valence-electron chi connectivity index (χ1n) is 10.00. The lowest BCUT2D eigenvalue weighted by molar-refractivity contribution is 0.271. The molecule has 2 aromatic heterocycles. The van der Waals surface area contributed by atoms with Crippen LogP contribution in [0.15, 0.2) is 53.6 Å². The third-order valence-electron chi connectivity index (χ3n) is 6.11. The third kappa shape index (κ3) is 2.79. The fourth-order valence-corrected chi connectivity index (χ4v) is 4.41. The Balaban J connectivity index is 1.49. The van der Waals surface area contributed by atoms with E-state index in [0.29, 0.717) is 5.76 Å². The minimum Gasteiger partial charge on any atom is -0.495 e. The summed E-state index contributed by atoms with van der Waals surface area (Å²) < 4.78 is 23.0. The summed E-state index contributed by atoms with van der Waals surface area (Å²) in [6, 6.07) is 0. The highest BCUT2D eigenvalue weighted by Gasteiger charge is 2.48. The van der Waals surface area contributed by atoms with Crippen LogP contribution < -0.4 is 0 Å². The summed E-state index contributed by atoms with van der Waals surface area (Å²) >= 11 is 0. The summed E-state index contributed by atoms with van der Waals surface area (Å²) in [6.07, 6.45) is 11.0. The molecular weight excluding hydrogens is 369 g/mol. The lowest BCUT2D eigenvalue weighted by Crippen LogP contribution is -2.19. The molecule has 0 saturated heterocycles. The first kappa shape index (κ1) is 18.1. The van der Waals surface area contributed by atoms with Crippen molar-refractivity contribution in [1.82, 2.24) is 24.5 Å². The summed E-state index contributed by atoms with van der Waals surface area (Å²) in [6.45, 7) is 5.99. The highest BCUT2D eigenvalue weighted by atomic mass is 19.1. The smallest absolute Gasteiger partial charge is 0.198 e. The van der Waals surface area contributed by atoms with Gasteiger partial charge >= 0.3 is 0 Å². The maximum atomic E-state index is 15.7. The number of aromatic nitrogens is 4. The predicted molar refractivity (Wildman–Crippen MR) is 107 cm³/mol. The van der Waals surface area contributed by atoms with Gasteiger partial charge < -0.3 is 4.74 Å². The van der Waals surface area contributed by atoms with Crippen LogP contribution in [-0.4, -0.2) is 31.6 Å². The van der Waals surface area contributed by atoms with E-state index < -0.39 is 0 Å². The van der Waals surface area contributed by atoms with Gasteiger partial charge in [0.1, 0.15) is 5.76 Å². The van der Waals surface area contributed by atoms with Gasteiger partial charge in [0.2, 0.25) is 0 Å². The first-order chi connectivity index (χ1) is 14.0. The monoisotopic (exact) mass is 393 g/mol. The Morgan fingerprint density at radius 3 is 2.83 bits per heavy atom. The predicted octanol–water partition coefficient (Wildman–Crippen LogP) is 4.31. The van der Waals surface area contributed by atoms with Crippen molar-refractivity contribution < 1.29 is 9.13 Å². The molecule has 6 nitrogen and oxygen atoms in total. The van der Waals surface area contributed by atoms with Crippen LogP contribution in [-0.2, 0) is 4.74 Å². The fourth-order valence-electron chi connectivity index (χ4n) is 4.41. The Kier molecular flexibility index (Phi) is 4.08. The quantitative estimate of drug-likeness (QED) is 0.728. The second kappa shape index (κ2) is 6.54. The molecule has 0 spiro atoms. The van der Waals surface area contributed by atoms with Gasteiger partial charge in [0, 0.05) is 18.3 Å². The van der Waals surface area contributed by atoms with Crippen molar-refractivity contribution in [3.63, 3.8) is 0 Å². The molecule has 3 aliphatic rings. The maximum Gasteiger partial charge on any atom is 0.198 e. The Labute approximate surface area is 169 Å². The van der Waals surface area contributed by atoms with Gasteiger partial charge in [-0.25, -0.2) is 9.50 Å². The van der Waals surface area contributed by atoms with Gasteiger partial charge in [-0.15, -0.1) is 0 Å². The van der Waals surface area contributed by atoms with Crippen LogP contribution in [0.4, 0.5) is 4.39 Å². The molecule has 2 aromatic rings. The van der Waals surface area contributed by atoms with Gasteiger partial charge in [0.25, 0.3) is 0 Å². The topological polar surface area (TPSA) is 55.5 Å². The molecule has 7 heteroatoms. The van der Waals surface area contributed by atoms with Gasteiger partial charge in [0.05, 0.1) is 24.2 Å². The normalized spacial score (nSPS) is 26.2. The van der Waals surface area contributed by atoms with Crippen LogP contribution in [0, 0.1) is 25.7 Å². The maximum absolute atomic E-state index is 15.7. The van der Waals surface area contributed by atoms with E-state index in [1.807, 2.05) is 30.5 Å². The molecule has 3 atom stereocenters. The van der Waals surface area contributed by atoms with Gasteiger partial charge in [-0.3, -0.25) is 9.88 Å². The number of rotatable bonds is 3. The van der Waals surface area contributed by atoms with E-state index in [4.69, 9.17) is 14.8 Å². The molecule has 3 unspecified atom stereocenters. The minimum atomic E-state index is -0.189. The van der Waals surface area contributed by atoms with Crippen molar-refractivity contribution in [3.05, 3.63) is 70.8 Å². The summed E-state index contributed by atoms with van der Waals surface area (Å²) in [5, 5.41) is 4.71. The molecule has 0 amide bonds. The number of methoxy groups -OCH3 is 1. The highest BCUT2D eigenvalue weighted by Crippen LogP contribution is 2.55. The van der Waals surface area contributed by atoms with E-state index in [2.05, 4.69) is 18.0 Å². The van der Waals surface area contributed by atoms with Crippen molar-refractivity contribution in [2.24, 2.45) is 11.8 Å². The zero-order valence-corrected chi connectivity index (χ0v) is 17.1. The van der Waals surface area contributed by atoms with Crippen molar-refractivity contribution in [2.75, 3.05) is 7.11 Å². The molecule has 0 N–H and O–H groups in total. The molecule has 150 valence electrons. The molecule has 0 aromatic carbocycles. The Hall–Kier alpha value is -2.96. The van der Waals surface area contributed by atoms with Crippen molar-refractivity contribution in [2.45, 2.75) is 39.5 Å². The zero-order valence-electron chi connectivity index (χ0n) is 17.1. The first-order valence-corrected chi connectivity index (χ1v) is 10.00. The molecular formula is C22H24FN5O. The second-order valence-electron chi connectivity index (χ2n) is 8.06. The number of ether oxygens (including phenoxy) is 1. The molecule has 29 heavy (non-hydrogen) atoms. The third-order valence-corrected chi connectivity index (χ3v) is 6.11. The van der Waals surface area contributed by atoms with E-state index in [-0.39, 0.29) is 23.7 Å². The van der Waals surface area contributed by atoms with Crippen LogP contribution in [0.3, 0.4) is 0 Å². The van der Waals surface area contributed by atoms with Gasteiger partial charge in [-0.05, 0) is 56.3 Å². The number of hydrogen-bond acceptors (Lipinski definition) is 5. The summed E-state index contributed by atoms with van der Waals surface area (Å²) in [4.78, 5) is 10.7. The van der Waals surface area contributed by atoms with Gasteiger partial charge in [-0.1, -0.05) is 13.0 Å². The van der Waals surface area contributed by atoms with Crippen LogP contribution in [0.5, 0.6) is 0 Å². The van der Waals surface area contributed by atoms with Crippen LogP contribution >= 0.6 is 0 Å². The van der Waals surface area contributed by atoms with E-state index in [1.54, 1.807) is 24.4 Å². The SMILES string of the molecule is COC1=CC=CN2C1=CCC(C)C(C1CC1c1nc3c(C)ncc(C)n3n1)=C2F.